The molecule has 0 aromatic carbocycles. The summed E-state index contributed by atoms with van der Waals surface area (Å²) >= 11 is 0. The van der Waals surface area contributed by atoms with Crippen LogP contribution in [-0.4, -0.2) is 49.4 Å². The van der Waals surface area contributed by atoms with Crippen molar-refractivity contribution in [3.8, 4) is 11.5 Å². The van der Waals surface area contributed by atoms with E-state index in [2.05, 4.69) is 15.2 Å². The Labute approximate surface area is 174 Å². The van der Waals surface area contributed by atoms with Gasteiger partial charge in [0.05, 0.1) is 25.5 Å². The lowest BCUT2D eigenvalue weighted by Gasteiger charge is -2.02. The van der Waals surface area contributed by atoms with Crippen molar-refractivity contribution >= 4 is 24.2 Å². The van der Waals surface area contributed by atoms with E-state index in [0.29, 0.717) is 18.1 Å². The van der Waals surface area contributed by atoms with Crippen LogP contribution in [0.25, 0.3) is 11.5 Å². The zero-order valence-corrected chi connectivity index (χ0v) is 17.8. The van der Waals surface area contributed by atoms with Crippen LogP contribution in [0.5, 0.6) is 0 Å². The molecule has 0 aliphatic carbocycles. The molecule has 3 rings (SSSR count). The van der Waals surface area contributed by atoms with Gasteiger partial charge < -0.3 is 14.9 Å². The second-order valence-corrected chi connectivity index (χ2v) is 5.98. The predicted octanol–water partition coefficient (Wildman–Crippen LogP) is 1.85. The van der Waals surface area contributed by atoms with Gasteiger partial charge in [-0.1, -0.05) is 0 Å². The highest BCUT2D eigenvalue weighted by Crippen LogP contribution is 2.26. The number of oxazole rings is 1. The van der Waals surface area contributed by atoms with E-state index >= 15 is 0 Å². The zero-order chi connectivity index (χ0) is 20.8. The average molecular weight is 425 g/mol. The molecular formula is C18H25ClN6O4. The number of nitrogens with two attached hydrogens (primary N) is 1. The Kier molecular flexibility index (Phi) is 8.74. The summed E-state index contributed by atoms with van der Waals surface area (Å²) in [7, 11) is 3.51. The minimum Gasteiger partial charge on any atom is -0.461 e. The number of nitrogens with zero attached hydrogens (tertiary/aromatic N) is 5. The summed E-state index contributed by atoms with van der Waals surface area (Å²) in [6.45, 7) is 5.82. The molecule has 0 atom stereocenters. The van der Waals surface area contributed by atoms with Crippen LogP contribution in [0.2, 0.25) is 0 Å². The second kappa shape index (κ2) is 10.5. The third-order valence-corrected chi connectivity index (χ3v) is 3.94. The van der Waals surface area contributed by atoms with Crippen molar-refractivity contribution in [3.05, 3.63) is 41.3 Å². The number of rotatable bonds is 5. The molecule has 2 N–H and O–H groups in total. The first kappa shape index (κ1) is 24.1. The number of aryl methyl sites for hydroxylation is 4. The molecule has 0 radical (unpaired) electrons. The third-order valence-electron chi connectivity index (χ3n) is 3.94. The summed E-state index contributed by atoms with van der Waals surface area (Å²) in [5, 5.41) is 8.02. The largest absolute Gasteiger partial charge is 0.461 e. The van der Waals surface area contributed by atoms with Gasteiger partial charge in [-0.2, -0.15) is 10.2 Å². The molecule has 0 amide bonds. The van der Waals surface area contributed by atoms with Gasteiger partial charge in [-0.3, -0.25) is 14.2 Å². The van der Waals surface area contributed by atoms with Crippen LogP contribution in [0.1, 0.15) is 39.0 Å². The number of carbonyl (C=O) groups excluding carboxylic acids is 2. The number of aromatic nitrogens is 5. The Morgan fingerprint density at radius 3 is 2.24 bits per heavy atom. The van der Waals surface area contributed by atoms with Gasteiger partial charge in [0.15, 0.2) is 23.6 Å². The number of Topliss-reactive ketones (excluding diaryl/α,β-unsaturated/α-hetero) is 1. The van der Waals surface area contributed by atoms with E-state index in [1.165, 1.54) is 6.39 Å². The Morgan fingerprint density at radius 1 is 1.14 bits per heavy atom. The lowest BCUT2D eigenvalue weighted by molar-refractivity contribution is 0.0520. The standard InChI is InChI=1S/C11H13N3O3.C7H11N3O.ClH/c1-4-16-11(15)8-10(17-6-12-8)9-7(2)5-13-14(9)3;1-5-4-9-10(2)7(5)6(11)3-8;/h5-6H,4H2,1-3H3;4H,3,8H2,1-2H3;1H. The topological polar surface area (TPSA) is 131 Å². The number of hydrogen-bond acceptors (Lipinski definition) is 8. The number of halogens is 1. The first-order chi connectivity index (χ1) is 13.3. The minimum atomic E-state index is -0.489. The normalized spacial score (nSPS) is 10.0. The highest BCUT2D eigenvalue weighted by atomic mass is 35.5. The van der Waals surface area contributed by atoms with Crippen LogP contribution in [0, 0.1) is 13.8 Å². The molecule has 10 nitrogen and oxygen atoms in total. The number of ether oxygens (including phenoxy) is 1. The molecule has 3 heterocycles. The van der Waals surface area contributed by atoms with Crippen molar-refractivity contribution in [1.82, 2.24) is 24.5 Å². The highest BCUT2D eigenvalue weighted by molar-refractivity contribution is 5.97. The SMILES string of the molecule is CCOC(=O)c1ncoc1-c1c(C)cnn1C.Cc1cnn(C)c1C(=O)CN.Cl. The second-order valence-electron chi connectivity index (χ2n) is 5.98. The van der Waals surface area contributed by atoms with E-state index in [0.717, 1.165) is 16.8 Å². The first-order valence-electron chi connectivity index (χ1n) is 8.63. The van der Waals surface area contributed by atoms with Gasteiger partial charge >= 0.3 is 5.97 Å². The maximum absolute atomic E-state index is 11.7. The summed E-state index contributed by atoms with van der Waals surface area (Å²) < 4.78 is 13.4. The molecule has 0 bridgehead atoms. The lowest BCUT2D eigenvalue weighted by Crippen LogP contribution is -2.18. The van der Waals surface area contributed by atoms with E-state index in [1.54, 1.807) is 42.8 Å². The molecule has 0 saturated carbocycles. The van der Waals surface area contributed by atoms with E-state index in [1.807, 2.05) is 13.8 Å². The molecule has 0 saturated heterocycles. The fraction of sp³-hybridized carbons (Fsp3) is 0.389. The first-order valence-corrected chi connectivity index (χ1v) is 8.63. The molecule has 0 aliphatic rings. The Morgan fingerprint density at radius 2 is 1.76 bits per heavy atom. The molecule has 0 fully saturated rings. The Bertz CT molecular complexity index is 936. The van der Waals surface area contributed by atoms with Gasteiger partial charge in [-0.15, -0.1) is 12.4 Å². The summed E-state index contributed by atoms with van der Waals surface area (Å²) in [4.78, 5) is 26.7. The van der Waals surface area contributed by atoms with Gasteiger partial charge in [-0.05, 0) is 31.9 Å². The van der Waals surface area contributed by atoms with Crippen LogP contribution in [0.3, 0.4) is 0 Å². The zero-order valence-electron chi connectivity index (χ0n) is 17.0. The number of hydrogen-bond donors (Lipinski definition) is 1. The van der Waals surface area contributed by atoms with E-state index in [4.69, 9.17) is 14.9 Å². The summed E-state index contributed by atoms with van der Waals surface area (Å²) in [5.74, 6) is -0.166. The van der Waals surface area contributed by atoms with Crippen molar-refractivity contribution in [1.29, 1.82) is 0 Å². The maximum Gasteiger partial charge on any atom is 0.361 e. The van der Waals surface area contributed by atoms with Crippen molar-refractivity contribution in [2.75, 3.05) is 13.2 Å². The summed E-state index contributed by atoms with van der Waals surface area (Å²) in [6, 6.07) is 0. The summed E-state index contributed by atoms with van der Waals surface area (Å²) in [5.41, 5.74) is 8.51. The maximum atomic E-state index is 11.7. The molecule has 3 aromatic heterocycles. The molecule has 29 heavy (non-hydrogen) atoms. The van der Waals surface area contributed by atoms with E-state index in [9.17, 15) is 9.59 Å². The number of esters is 1. The van der Waals surface area contributed by atoms with E-state index < -0.39 is 5.97 Å². The van der Waals surface area contributed by atoms with Crippen molar-refractivity contribution in [2.24, 2.45) is 19.8 Å². The quantitative estimate of drug-likeness (QED) is 0.484. The third kappa shape index (κ3) is 5.30. The van der Waals surface area contributed by atoms with Crippen molar-refractivity contribution in [2.45, 2.75) is 20.8 Å². The van der Waals surface area contributed by atoms with Crippen molar-refractivity contribution < 1.29 is 18.7 Å². The van der Waals surface area contributed by atoms with Gasteiger partial charge in [-0.25, -0.2) is 9.78 Å². The predicted molar refractivity (Wildman–Crippen MR) is 108 cm³/mol. The Hall–Kier alpha value is -2.98. The lowest BCUT2D eigenvalue weighted by atomic mass is 10.2. The van der Waals surface area contributed by atoms with Crippen LogP contribution in [-0.2, 0) is 18.8 Å². The Balaban J connectivity index is 0.000000306. The van der Waals surface area contributed by atoms with Crippen LogP contribution >= 0.6 is 12.4 Å². The molecule has 3 aromatic rings. The number of carbonyl (C=O) groups is 2. The van der Waals surface area contributed by atoms with Gasteiger partial charge in [0.1, 0.15) is 11.4 Å². The number of ketones is 1. The van der Waals surface area contributed by atoms with Crippen LogP contribution in [0.4, 0.5) is 0 Å². The van der Waals surface area contributed by atoms with Crippen LogP contribution < -0.4 is 5.73 Å². The van der Waals surface area contributed by atoms with Crippen molar-refractivity contribution in [3.63, 3.8) is 0 Å². The molecule has 0 unspecified atom stereocenters. The fourth-order valence-corrected chi connectivity index (χ4v) is 2.68. The van der Waals surface area contributed by atoms with Gasteiger partial charge in [0.25, 0.3) is 0 Å². The average Bonchev–Trinajstić information content (AvgIpc) is 3.35. The fourth-order valence-electron chi connectivity index (χ4n) is 2.68. The van der Waals surface area contributed by atoms with Gasteiger partial charge in [0.2, 0.25) is 0 Å². The molecule has 11 heteroatoms. The van der Waals surface area contributed by atoms with E-state index in [-0.39, 0.29) is 30.4 Å². The van der Waals surface area contributed by atoms with Gasteiger partial charge in [0, 0.05) is 14.1 Å². The molecule has 158 valence electrons. The van der Waals surface area contributed by atoms with Crippen LogP contribution in [0.15, 0.2) is 23.2 Å². The highest BCUT2D eigenvalue weighted by Gasteiger charge is 2.23. The molecule has 0 spiro atoms. The smallest absolute Gasteiger partial charge is 0.361 e. The molecular weight excluding hydrogens is 400 g/mol. The summed E-state index contributed by atoms with van der Waals surface area (Å²) in [6.07, 6.45) is 4.59. The monoisotopic (exact) mass is 424 g/mol. The molecule has 0 aliphatic heterocycles. The minimum absolute atomic E-state index is 0.